The minimum Gasteiger partial charge on any atom is -0.469 e. The summed E-state index contributed by atoms with van der Waals surface area (Å²) in [6.45, 7) is 9.18. The van der Waals surface area contributed by atoms with Crippen LogP contribution in [0.25, 0.3) is 0 Å². The number of carbonyl (C=O) groups is 2. The molecule has 5 heteroatoms. The van der Waals surface area contributed by atoms with Gasteiger partial charge in [0.05, 0.1) is 13.5 Å². The van der Waals surface area contributed by atoms with Gasteiger partial charge in [0, 0.05) is 18.8 Å². The third-order valence-electron chi connectivity index (χ3n) is 4.92. The summed E-state index contributed by atoms with van der Waals surface area (Å²) in [5, 5.41) is 3.14. The lowest BCUT2D eigenvalue weighted by atomic mass is 9.93. The van der Waals surface area contributed by atoms with Crippen LogP contribution in [0.3, 0.4) is 0 Å². The van der Waals surface area contributed by atoms with Crippen molar-refractivity contribution in [3.63, 3.8) is 0 Å². The lowest BCUT2D eigenvalue weighted by molar-refractivity contribution is -0.140. The topological polar surface area (TPSA) is 58.6 Å². The van der Waals surface area contributed by atoms with Gasteiger partial charge in [0.2, 0.25) is 0 Å². The van der Waals surface area contributed by atoms with E-state index >= 15 is 0 Å². The van der Waals surface area contributed by atoms with Crippen LogP contribution < -0.4 is 5.32 Å². The summed E-state index contributed by atoms with van der Waals surface area (Å²) < 4.78 is 4.75. The molecule has 0 saturated carbocycles. The van der Waals surface area contributed by atoms with E-state index in [-0.39, 0.29) is 36.8 Å². The molecular weight excluding hydrogens is 364 g/mol. The Morgan fingerprint density at radius 2 is 1.52 bits per heavy atom. The maximum absolute atomic E-state index is 13.2. The van der Waals surface area contributed by atoms with E-state index < -0.39 is 0 Å². The van der Waals surface area contributed by atoms with Crippen LogP contribution in [-0.4, -0.2) is 30.6 Å². The van der Waals surface area contributed by atoms with Gasteiger partial charge in [-0.25, -0.2) is 4.79 Å². The zero-order valence-corrected chi connectivity index (χ0v) is 18.1. The molecule has 2 rings (SSSR count). The maximum Gasteiger partial charge on any atom is 0.322 e. The molecule has 0 aromatic heterocycles. The van der Waals surface area contributed by atoms with E-state index in [9.17, 15) is 9.59 Å². The highest BCUT2D eigenvalue weighted by molar-refractivity contribution is 5.91. The Bertz CT molecular complexity index is 790. The fourth-order valence-corrected chi connectivity index (χ4v) is 3.27. The van der Waals surface area contributed by atoms with E-state index in [2.05, 4.69) is 45.1 Å². The molecule has 2 amide bonds. The summed E-state index contributed by atoms with van der Waals surface area (Å²) in [7, 11) is 1.36. The van der Waals surface area contributed by atoms with E-state index in [0.717, 1.165) is 22.4 Å². The molecule has 0 unspecified atom stereocenters. The number of hydrogen-bond acceptors (Lipinski definition) is 3. The van der Waals surface area contributed by atoms with Crippen LogP contribution in [0.4, 0.5) is 10.5 Å². The fraction of sp³-hybridized carbons (Fsp3) is 0.417. The molecule has 5 nitrogen and oxygen atoms in total. The first-order valence-electron chi connectivity index (χ1n) is 10.1. The number of rotatable bonds is 8. The molecule has 0 aliphatic carbocycles. The number of nitrogens with one attached hydrogen (secondary N) is 1. The van der Waals surface area contributed by atoms with E-state index in [1.54, 1.807) is 4.90 Å². The van der Waals surface area contributed by atoms with Gasteiger partial charge in [0.15, 0.2) is 0 Å². The van der Waals surface area contributed by atoms with Crippen molar-refractivity contribution in [3.8, 4) is 0 Å². The van der Waals surface area contributed by atoms with Crippen molar-refractivity contribution in [2.75, 3.05) is 19.0 Å². The summed E-state index contributed by atoms with van der Waals surface area (Å²) in [5.74, 6) is 0.226. The van der Waals surface area contributed by atoms with Crippen molar-refractivity contribution in [2.45, 2.75) is 52.5 Å². The Kier molecular flexibility index (Phi) is 8.25. The van der Waals surface area contributed by atoms with Gasteiger partial charge in [-0.05, 0) is 28.5 Å². The van der Waals surface area contributed by atoms with Gasteiger partial charge in [-0.15, -0.1) is 0 Å². The molecular formula is C24H32N2O3. The first-order chi connectivity index (χ1) is 13.8. The van der Waals surface area contributed by atoms with Crippen molar-refractivity contribution in [1.82, 2.24) is 4.90 Å². The Balaban J connectivity index is 2.30. The number of ether oxygens (including phenoxy) is 1. The van der Waals surface area contributed by atoms with Gasteiger partial charge in [-0.3, -0.25) is 4.79 Å². The van der Waals surface area contributed by atoms with Crippen LogP contribution in [0.15, 0.2) is 48.5 Å². The first-order valence-corrected chi connectivity index (χ1v) is 10.1. The molecule has 1 N–H and O–H groups in total. The van der Waals surface area contributed by atoms with Crippen molar-refractivity contribution in [2.24, 2.45) is 0 Å². The highest BCUT2D eigenvalue weighted by atomic mass is 16.5. The number of esters is 1. The van der Waals surface area contributed by atoms with Gasteiger partial charge in [0.1, 0.15) is 0 Å². The lowest BCUT2D eigenvalue weighted by Gasteiger charge is -2.26. The first kappa shape index (κ1) is 22.5. The van der Waals surface area contributed by atoms with Crippen LogP contribution in [0.1, 0.15) is 62.6 Å². The van der Waals surface area contributed by atoms with Crippen LogP contribution in [0.5, 0.6) is 0 Å². The number of para-hydroxylation sites is 1. The number of nitrogens with zero attached hydrogens (tertiary/aromatic N) is 1. The second-order valence-electron chi connectivity index (χ2n) is 7.78. The van der Waals surface area contributed by atoms with Gasteiger partial charge >= 0.3 is 12.0 Å². The van der Waals surface area contributed by atoms with Crippen LogP contribution in [0, 0.1) is 0 Å². The number of amides is 2. The van der Waals surface area contributed by atoms with E-state index in [1.807, 2.05) is 36.4 Å². The summed E-state index contributed by atoms with van der Waals surface area (Å²) in [6, 6.07) is 15.7. The molecule has 0 aliphatic heterocycles. The third-order valence-corrected chi connectivity index (χ3v) is 4.92. The molecule has 0 spiro atoms. The standard InChI is InChI=1S/C24H32N2O3/c1-17(2)20-12-9-13-21(18(3)4)23(20)25-24(28)26(15-14-22(27)29-5)16-19-10-7-6-8-11-19/h6-13,17-18H,14-16H2,1-5H3,(H,25,28). The lowest BCUT2D eigenvalue weighted by Crippen LogP contribution is -2.36. The molecule has 2 aromatic rings. The molecule has 156 valence electrons. The van der Waals surface area contributed by atoms with Crippen molar-refractivity contribution in [3.05, 3.63) is 65.2 Å². The predicted molar refractivity (Wildman–Crippen MR) is 117 cm³/mol. The molecule has 2 aromatic carbocycles. The number of benzene rings is 2. The van der Waals surface area contributed by atoms with Crippen LogP contribution in [-0.2, 0) is 16.1 Å². The quantitative estimate of drug-likeness (QED) is 0.597. The third kappa shape index (κ3) is 6.34. The minimum absolute atomic E-state index is 0.152. The van der Waals surface area contributed by atoms with E-state index in [1.165, 1.54) is 7.11 Å². The predicted octanol–water partition coefficient (Wildman–Crippen LogP) is 5.53. The highest BCUT2D eigenvalue weighted by Crippen LogP contribution is 2.32. The highest BCUT2D eigenvalue weighted by Gasteiger charge is 2.20. The largest absolute Gasteiger partial charge is 0.469 e. The smallest absolute Gasteiger partial charge is 0.322 e. The molecule has 0 bridgehead atoms. The Labute approximate surface area is 174 Å². The van der Waals surface area contributed by atoms with Gasteiger partial charge in [0.25, 0.3) is 0 Å². The minimum atomic E-state index is -0.332. The van der Waals surface area contributed by atoms with Crippen molar-refractivity contribution in [1.29, 1.82) is 0 Å². The summed E-state index contributed by atoms with van der Waals surface area (Å²) in [5.41, 5.74) is 4.10. The average molecular weight is 397 g/mol. The average Bonchev–Trinajstić information content (AvgIpc) is 2.71. The molecule has 29 heavy (non-hydrogen) atoms. The summed E-state index contributed by atoms with van der Waals surface area (Å²) >= 11 is 0. The zero-order chi connectivity index (χ0) is 21.4. The molecule has 0 saturated heterocycles. The molecule has 0 aliphatic rings. The Morgan fingerprint density at radius 1 is 0.931 bits per heavy atom. The molecule has 0 heterocycles. The van der Waals surface area contributed by atoms with E-state index in [4.69, 9.17) is 4.74 Å². The number of hydrogen-bond donors (Lipinski definition) is 1. The second kappa shape index (κ2) is 10.6. The van der Waals surface area contributed by atoms with Crippen molar-refractivity contribution >= 4 is 17.7 Å². The van der Waals surface area contributed by atoms with Crippen LogP contribution in [0.2, 0.25) is 0 Å². The van der Waals surface area contributed by atoms with E-state index in [0.29, 0.717) is 6.54 Å². The fourth-order valence-electron chi connectivity index (χ4n) is 3.27. The number of carbonyl (C=O) groups excluding carboxylic acids is 2. The summed E-state index contributed by atoms with van der Waals surface area (Å²) in [6.07, 6.45) is 0.152. The van der Waals surface area contributed by atoms with Gasteiger partial charge in [-0.1, -0.05) is 76.2 Å². The van der Waals surface area contributed by atoms with Crippen molar-refractivity contribution < 1.29 is 14.3 Å². The van der Waals surface area contributed by atoms with Crippen LogP contribution >= 0.6 is 0 Å². The number of urea groups is 1. The molecule has 0 radical (unpaired) electrons. The monoisotopic (exact) mass is 396 g/mol. The van der Waals surface area contributed by atoms with Gasteiger partial charge < -0.3 is 15.0 Å². The summed E-state index contributed by atoms with van der Waals surface area (Å²) in [4.78, 5) is 26.5. The zero-order valence-electron chi connectivity index (χ0n) is 18.1. The Hall–Kier alpha value is -2.82. The molecule has 0 atom stereocenters. The number of anilines is 1. The SMILES string of the molecule is COC(=O)CCN(Cc1ccccc1)C(=O)Nc1c(C(C)C)cccc1C(C)C. The maximum atomic E-state index is 13.2. The Morgan fingerprint density at radius 3 is 2.03 bits per heavy atom. The second-order valence-corrected chi connectivity index (χ2v) is 7.78. The van der Waals surface area contributed by atoms with Gasteiger partial charge in [-0.2, -0.15) is 0 Å². The normalized spacial score (nSPS) is 10.9. The molecule has 0 fully saturated rings. The number of methoxy groups -OCH3 is 1.